The van der Waals surface area contributed by atoms with Gasteiger partial charge in [-0.3, -0.25) is 4.68 Å². The third kappa shape index (κ3) is 1.81. The van der Waals surface area contributed by atoms with E-state index >= 15 is 0 Å². The second kappa shape index (κ2) is 3.80. The Bertz CT molecular complexity index is 496. The number of aryl methyl sites for hydroxylation is 2. The average Bonchev–Trinajstić information content (AvgIpc) is 2.58. The summed E-state index contributed by atoms with van der Waals surface area (Å²) in [5.74, 6) is 0.546. The lowest BCUT2D eigenvalue weighted by atomic mass is 10.2. The third-order valence-corrected chi connectivity index (χ3v) is 2.31. The highest BCUT2D eigenvalue weighted by atomic mass is 15.3. The molecule has 2 rings (SSSR count). The summed E-state index contributed by atoms with van der Waals surface area (Å²) in [6.07, 6.45) is 1.93. The van der Waals surface area contributed by atoms with Crippen molar-refractivity contribution < 1.29 is 0 Å². The van der Waals surface area contributed by atoms with Crippen LogP contribution in [0.4, 0.5) is 11.8 Å². The van der Waals surface area contributed by atoms with Crippen molar-refractivity contribution in [1.29, 1.82) is 0 Å². The van der Waals surface area contributed by atoms with E-state index < -0.39 is 0 Å². The van der Waals surface area contributed by atoms with Crippen LogP contribution in [0.5, 0.6) is 0 Å². The van der Waals surface area contributed by atoms with Gasteiger partial charge in [-0.1, -0.05) is 0 Å². The Morgan fingerprint density at radius 3 is 2.62 bits per heavy atom. The fourth-order valence-corrected chi connectivity index (χ4v) is 1.55. The molecule has 0 spiro atoms. The van der Waals surface area contributed by atoms with Crippen molar-refractivity contribution in [3.05, 3.63) is 18.0 Å². The van der Waals surface area contributed by atoms with Gasteiger partial charge in [0.1, 0.15) is 5.82 Å². The van der Waals surface area contributed by atoms with Crippen molar-refractivity contribution in [2.75, 3.05) is 11.5 Å². The highest BCUT2D eigenvalue weighted by molar-refractivity contribution is 5.64. The van der Waals surface area contributed by atoms with Gasteiger partial charge in [-0.05, 0) is 13.8 Å². The topological polar surface area (TPSA) is 95.6 Å². The largest absolute Gasteiger partial charge is 0.384 e. The summed E-state index contributed by atoms with van der Waals surface area (Å²) in [6, 6.07) is 1.69. The van der Waals surface area contributed by atoms with Crippen LogP contribution in [0.3, 0.4) is 0 Å². The molecule has 2 aromatic heterocycles. The van der Waals surface area contributed by atoms with Gasteiger partial charge < -0.3 is 11.5 Å². The summed E-state index contributed by atoms with van der Waals surface area (Å²) in [7, 11) is 0. The van der Waals surface area contributed by atoms with Gasteiger partial charge in [-0.15, -0.1) is 0 Å². The molecule has 0 fully saturated rings. The second-order valence-corrected chi connectivity index (χ2v) is 3.52. The van der Waals surface area contributed by atoms with E-state index in [1.807, 2.05) is 24.7 Å². The minimum Gasteiger partial charge on any atom is -0.384 e. The molecule has 0 saturated carbocycles. The minimum absolute atomic E-state index is 0.179. The van der Waals surface area contributed by atoms with Crippen molar-refractivity contribution in [3.63, 3.8) is 0 Å². The average molecular weight is 218 g/mol. The van der Waals surface area contributed by atoms with Crippen LogP contribution in [0.1, 0.15) is 12.6 Å². The third-order valence-electron chi connectivity index (χ3n) is 2.31. The highest BCUT2D eigenvalue weighted by Crippen LogP contribution is 2.22. The van der Waals surface area contributed by atoms with E-state index in [0.29, 0.717) is 11.5 Å². The SMILES string of the molecule is CCn1cc(-c2cc(N)nc(N)n2)c(C)n1. The highest BCUT2D eigenvalue weighted by Gasteiger charge is 2.09. The van der Waals surface area contributed by atoms with Gasteiger partial charge in [0.05, 0.1) is 11.4 Å². The van der Waals surface area contributed by atoms with E-state index in [1.165, 1.54) is 0 Å². The number of rotatable bonds is 2. The van der Waals surface area contributed by atoms with Crippen LogP contribution in [0, 0.1) is 6.92 Å². The van der Waals surface area contributed by atoms with E-state index in [2.05, 4.69) is 15.1 Å². The predicted molar refractivity (Wildman–Crippen MR) is 62.5 cm³/mol. The standard InChI is InChI=1S/C10H14N6/c1-3-16-5-7(6(2)15-16)8-4-9(11)14-10(12)13-8/h4-5H,3H2,1-2H3,(H4,11,12,13,14). The first-order chi connectivity index (χ1) is 7.60. The van der Waals surface area contributed by atoms with Crippen LogP contribution < -0.4 is 11.5 Å². The molecule has 2 aromatic rings. The number of nitrogen functional groups attached to an aromatic ring is 2. The molecule has 0 aliphatic rings. The summed E-state index contributed by atoms with van der Waals surface area (Å²) in [5, 5.41) is 4.34. The molecule has 6 nitrogen and oxygen atoms in total. The first-order valence-corrected chi connectivity index (χ1v) is 5.04. The lowest BCUT2D eigenvalue weighted by Gasteiger charge is -2.01. The summed E-state index contributed by atoms with van der Waals surface area (Å²) >= 11 is 0. The van der Waals surface area contributed by atoms with Crippen molar-refractivity contribution in [1.82, 2.24) is 19.7 Å². The van der Waals surface area contributed by atoms with Crippen molar-refractivity contribution in [2.45, 2.75) is 20.4 Å². The van der Waals surface area contributed by atoms with Crippen LogP contribution in [0.25, 0.3) is 11.3 Å². The number of anilines is 2. The first-order valence-electron chi connectivity index (χ1n) is 5.04. The monoisotopic (exact) mass is 218 g/mol. The molecule has 16 heavy (non-hydrogen) atoms. The van der Waals surface area contributed by atoms with Crippen molar-refractivity contribution >= 4 is 11.8 Å². The molecule has 2 heterocycles. The number of hydrogen-bond donors (Lipinski definition) is 2. The molecule has 6 heteroatoms. The van der Waals surface area contributed by atoms with Crippen LogP contribution in [0.15, 0.2) is 12.3 Å². The Morgan fingerprint density at radius 1 is 1.31 bits per heavy atom. The lowest BCUT2D eigenvalue weighted by Crippen LogP contribution is -2.00. The van der Waals surface area contributed by atoms with Gasteiger partial charge in [-0.2, -0.15) is 10.1 Å². The molecule has 0 radical (unpaired) electrons. The van der Waals surface area contributed by atoms with Crippen LogP contribution in [-0.4, -0.2) is 19.7 Å². The maximum atomic E-state index is 5.63. The van der Waals surface area contributed by atoms with Crippen molar-refractivity contribution in [3.8, 4) is 11.3 Å². The quantitative estimate of drug-likeness (QED) is 0.778. The predicted octanol–water partition coefficient (Wildman–Crippen LogP) is 0.833. The van der Waals surface area contributed by atoms with Crippen LogP contribution in [-0.2, 0) is 6.54 Å². The summed E-state index contributed by atoms with van der Waals surface area (Å²) in [5.41, 5.74) is 13.7. The first kappa shape index (κ1) is 10.4. The fraction of sp³-hybridized carbons (Fsp3) is 0.300. The van der Waals surface area contributed by atoms with E-state index in [4.69, 9.17) is 11.5 Å². The summed E-state index contributed by atoms with van der Waals surface area (Å²) in [6.45, 7) is 4.77. The Labute approximate surface area is 93.3 Å². The molecule has 0 saturated heterocycles. The van der Waals surface area contributed by atoms with E-state index in [0.717, 1.165) is 17.8 Å². The van der Waals surface area contributed by atoms with Gasteiger partial charge in [0.25, 0.3) is 0 Å². The molecule has 0 atom stereocenters. The van der Waals surface area contributed by atoms with E-state index in [1.54, 1.807) is 6.07 Å². The van der Waals surface area contributed by atoms with Gasteiger partial charge >= 0.3 is 0 Å². The number of hydrogen-bond acceptors (Lipinski definition) is 5. The van der Waals surface area contributed by atoms with Gasteiger partial charge in [-0.25, -0.2) is 4.98 Å². The van der Waals surface area contributed by atoms with Crippen LogP contribution in [0.2, 0.25) is 0 Å². The zero-order valence-electron chi connectivity index (χ0n) is 9.31. The number of nitrogens with two attached hydrogens (primary N) is 2. The molecule has 0 bridgehead atoms. The van der Waals surface area contributed by atoms with E-state index in [-0.39, 0.29) is 5.95 Å². The van der Waals surface area contributed by atoms with Gasteiger partial charge in [0.15, 0.2) is 0 Å². The number of aromatic nitrogens is 4. The van der Waals surface area contributed by atoms with E-state index in [9.17, 15) is 0 Å². The Morgan fingerprint density at radius 2 is 2.06 bits per heavy atom. The molecule has 0 aliphatic heterocycles. The molecule has 4 N–H and O–H groups in total. The normalized spacial score (nSPS) is 10.6. The fourth-order valence-electron chi connectivity index (χ4n) is 1.55. The van der Waals surface area contributed by atoms with Gasteiger partial charge in [0.2, 0.25) is 5.95 Å². The molecule has 0 unspecified atom stereocenters. The maximum Gasteiger partial charge on any atom is 0.222 e. The zero-order valence-corrected chi connectivity index (χ0v) is 9.31. The lowest BCUT2D eigenvalue weighted by molar-refractivity contribution is 0.653. The Balaban J connectivity index is 2.53. The molecule has 0 aliphatic carbocycles. The molecule has 84 valence electrons. The number of nitrogens with zero attached hydrogens (tertiary/aromatic N) is 4. The van der Waals surface area contributed by atoms with Crippen molar-refractivity contribution in [2.24, 2.45) is 0 Å². The summed E-state index contributed by atoms with van der Waals surface area (Å²) < 4.78 is 1.85. The minimum atomic E-state index is 0.179. The second-order valence-electron chi connectivity index (χ2n) is 3.52. The maximum absolute atomic E-state index is 5.63. The molecule has 0 aromatic carbocycles. The molecular weight excluding hydrogens is 204 g/mol. The molecular formula is C10H14N6. The Hall–Kier alpha value is -2.11. The van der Waals surface area contributed by atoms with Crippen LogP contribution >= 0.6 is 0 Å². The Kier molecular flexibility index (Phi) is 2.47. The zero-order chi connectivity index (χ0) is 11.7. The van der Waals surface area contributed by atoms with Gasteiger partial charge in [0, 0.05) is 24.4 Å². The molecule has 0 amide bonds. The summed E-state index contributed by atoms with van der Waals surface area (Å²) in [4.78, 5) is 7.98. The smallest absolute Gasteiger partial charge is 0.222 e.